The van der Waals surface area contributed by atoms with E-state index < -0.39 is 5.97 Å². The van der Waals surface area contributed by atoms with Crippen molar-refractivity contribution >= 4 is 12.3 Å². The van der Waals surface area contributed by atoms with Crippen molar-refractivity contribution in [3.63, 3.8) is 0 Å². The van der Waals surface area contributed by atoms with Crippen LogP contribution in [0.1, 0.15) is 46.0 Å². The van der Waals surface area contributed by atoms with Crippen LogP contribution >= 0.6 is 0 Å². The summed E-state index contributed by atoms with van der Waals surface area (Å²) in [5, 5.41) is 9.02. The fourth-order valence-corrected chi connectivity index (χ4v) is 1.55. The van der Waals surface area contributed by atoms with Crippen LogP contribution in [-0.2, 0) is 6.42 Å². The van der Waals surface area contributed by atoms with E-state index in [1.807, 2.05) is 6.92 Å². The number of carbonyl (C=O) groups is 2. The Morgan fingerprint density at radius 1 is 1.47 bits per heavy atom. The quantitative estimate of drug-likeness (QED) is 0.753. The van der Waals surface area contributed by atoms with Gasteiger partial charge in [-0.25, -0.2) is 4.79 Å². The maximum atomic E-state index is 11.0. The molecule has 0 aromatic heterocycles. The van der Waals surface area contributed by atoms with Crippen molar-refractivity contribution in [1.29, 1.82) is 0 Å². The number of hydrogen-bond donors (Lipinski definition) is 1. The molecule has 0 aliphatic heterocycles. The minimum atomic E-state index is -1.02. The van der Waals surface area contributed by atoms with Crippen LogP contribution in [0.25, 0.3) is 0 Å². The Bertz CT molecular complexity index is 369. The van der Waals surface area contributed by atoms with Gasteiger partial charge < -0.3 is 5.11 Å². The lowest BCUT2D eigenvalue weighted by Crippen LogP contribution is -2.06. The third-order valence-electron chi connectivity index (χ3n) is 2.32. The highest BCUT2D eigenvalue weighted by molar-refractivity contribution is 5.98. The molecule has 0 spiro atoms. The zero-order valence-electron chi connectivity index (χ0n) is 8.69. The first-order valence-corrected chi connectivity index (χ1v) is 5.01. The molecule has 0 saturated carbocycles. The summed E-state index contributed by atoms with van der Waals surface area (Å²) in [6.07, 6.45) is 3.24. The Hall–Kier alpha value is -1.64. The first-order valence-electron chi connectivity index (χ1n) is 5.01. The third-order valence-corrected chi connectivity index (χ3v) is 2.32. The van der Waals surface area contributed by atoms with Crippen molar-refractivity contribution in [3.8, 4) is 0 Å². The zero-order valence-corrected chi connectivity index (χ0v) is 8.69. The number of rotatable bonds is 5. The Balaban J connectivity index is 3.13. The average molecular weight is 206 g/mol. The highest BCUT2D eigenvalue weighted by atomic mass is 16.4. The summed E-state index contributed by atoms with van der Waals surface area (Å²) in [5.41, 5.74) is 1.16. The highest BCUT2D eigenvalue weighted by Crippen LogP contribution is 2.16. The van der Waals surface area contributed by atoms with Crippen LogP contribution in [0.2, 0.25) is 0 Å². The molecule has 0 fully saturated rings. The van der Waals surface area contributed by atoms with Gasteiger partial charge in [0.25, 0.3) is 0 Å². The molecule has 1 N–H and O–H groups in total. The second-order valence-corrected chi connectivity index (χ2v) is 3.41. The number of carbonyl (C=O) groups excluding carboxylic acids is 1. The second-order valence-electron chi connectivity index (χ2n) is 3.41. The monoisotopic (exact) mass is 206 g/mol. The van der Waals surface area contributed by atoms with E-state index in [1.54, 1.807) is 12.1 Å². The molecule has 15 heavy (non-hydrogen) atoms. The molecular formula is C12H14O3. The number of hydrogen-bond acceptors (Lipinski definition) is 2. The number of aryl methyl sites for hydroxylation is 1. The lowest BCUT2D eigenvalue weighted by Gasteiger charge is -2.07. The van der Waals surface area contributed by atoms with Gasteiger partial charge in [0.05, 0.1) is 5.56 Å². The molecule has 0 heterocycles. The van der Waals surface area contributed by atoms with Gasteiger partial charge in [0.2, 0.25) is 0 Å². The van der Waals surface area contributed by atoms with Gasteiger partial charge in [0, 0.05) is 5.56 Å². The number of benzene rings is 1. The number of aromatic carboxylic acids is 1. The minimum Gasteiger partial charge on any atom is -0.478 e. The summed E-state index contributed by atoms with van der Waals surface area (Å²) < 4.78 is 0. The summed E-state index contributed by atoms with van der Waals surface area (Å²) >= 11 is 0. The zero-order chi connectivity index (χ0) is 11.3. The lowest BCUT2D eigenvalue weighted by atomic mass is 9.98. The summed E-state index contributed by atoms with van der Waals surface area (Å²) in [4.78, 5) is 21.7. The maximum absolute atomic E-state index is 11.0. The van der Waals surface area contributed by atoms with E-state index in [0.29, 0.717) is 12.7 Å². The lowest BCUT2D eigenvalue weighted by molar-refractivity contribution is 0.0692. The molecule has 0 radical (unpaired) electrons. The highest BCUT2D eigenvalue weighted by Gasteiger charge is 2.13. The molecule has 3 heteroatoms. The van der Waals surface area contributed by atoms with E-state index in [4.69, 9.17) is 5.11 Å². The predicted molar refractivity (Wildman–Crippen MR) is 57.4 cm³/mol. The fourth-order valence-electron chi connectivity index (χ4n) is 1.55. The van der Waals surface area contributed by atoms with E-state index >= 15 is 0 Å². The van der Waals surface area contributed by atoms with Crippen molar-refractivity contribution in [2.75, 3.05) is 0 Å². The van der Waals surface area contributed by atoms with Gasteiger partial charge in [-0.1, -0.05) is 31.5 Å². The first kappa shape index (κ1) is 11.4. The number of aldehydes is 1. The Labute approximate surface area is 88.7 Å². The molecule has 0 aliphatic rings. The second kappa shape index (κ2) is 5.29. The average Bonchev–Trinajstić information content (AvgIpc) is 2.25. The molecule has 0 bridgehead atoms. The van der Waals surface area contributed by atoms with Gasteiger partial charge in [-0.05, 0) is 18.4 Å². The summed E-state index contributed by atoms with van der Waals surface area (Å²) in [6, 6.07) is 5.03. The molecule has 3 nitrogen and oxygen atoms in total. The Morgan fingerprint density at radius 3 is 2.73 bits per heavy atom. The molecule has 0 atom stereocenters. The molecule has 80 valence electrons. The number of carboxylic acid groups (broad SMARTS) is 1. The SMILES string of the molecule is CCCCc1cccc(C=O)c1C(=O)O. The van der Waals surface area contributed by atoms with Crippen LogP contribution in [0.5, 0.6) is 0 Å². The summed E-state index contributed by atoms with van der Waals surface area (Å²) in [7, 11) is 0. The largest absolute Gasteiger partial charge is 0.478 e. The predicted octanol–water partition coefficient (Wildman–Crippen LogP) is 2.54. The first-order chi connectivity index (χ1) is 7.20. The van der Waals surface area contributed by atoms with Gasteiger partial charge in [0.1, 0.15) is 0 Å². The van der Waals surface area contributed by atoms with E-state index in [1.165, 1.54) is 6.07 Å². The van der Waals surface area contributed by atoms with Crippen LogP contribution < -0.4 is 0 Å². The molecule has 0 unspecified atom stereocenters. The van der Waals surface area contributed by atoms with Crippen molar-refractivity contribution < 1.29 is 14.7 Å². The van der Waals surface area contributed by atoms with Crippen molar-refractivity contribution in [2.45, 2.75) is 26.2 Å². The molecule has 1 rings (SSSR count). The molecule has 0 saturated heterocycles. The van der Waals surface area contributed by atoms with Gasteiger partial charge in [-0.3, -0.25) is 4.79 Å². The maximum Gasteiger partial charge on any atom is 0.336 e. The van der Waals surface area contributed by atoms with E-state index in [0.717, 1.165) is 18.4 Å². The Kier molecular flexibility index (Phi) is 4.03. The Morgan fingerprint density at radius 2 is 2.20 bits per heavy atom. The molecule has 1 aromatic rings. The third kappa shape index (κ3) is 2.65. The fraction of sp³-hybridized carbons (Fsp3) is 0.333. The smallest absolute Gasteiger partial charge is 0.336 e. The summed E-state index contributed by atoms with van der Waals surface area (Å²) in [6.45, 7) is 2.05. The van der Waals surface area contributed by atoms with E-state index in [9.17, 15) is 9.59 Å². The van der Waals surface area contributed by atoms with Gasteiger partial charge in [-0.15, -0.1) is 0 Å². The van der Waals surface area contributed by atoms with E-state index in [-0.39, 0.29) is 11.1 Å². The van der Waals surface area contributed by atoms with Crippen molar-refractivity contribution in [3.05, 3.63) is 34.9 Å². The standard InChI is InChI=1S/C12H14O3/c1-2-3-5-9-6-4-7-10(8-13)11(9)12(14)15/h4,6-8H,2-3,5H2,1H3,(H,14,15). The van der Waals surface area contributed by atoms with Crippen LogP contribution in [0.15, 0.2) is 18.2 Å². The van der Waals surface area contributed by atoms with Crippen LogP contribution in [0, 0.1) is 0 Å². The number of carboxylic acids is 1. The minimum absolute atomic E-state index is 0.154. The van der Waals surface area contributed by atoms with Crippen LogP contribution in [0.4, 0.5) is 0 Å². The molecule has 0 aliphatic carbocycles. The molecule has 1 aromatic carbocycles. The molecular weight excluding hydrogens is 192 g/mol. The number of unbranched alkanes of at least 4 members (excludes halogenated alkanes) is 1. The van der Waals surface area contributed by atoms with Crippen LogP contribution in [0.3, 0.4) is 0 Å². The summed E-state index contributed by atoms with van der Waals surface area (Å²) in [5.74, 6) is -1.02. The van der Waals surface area contributed by atoms with Gasteiger partial charge in [0.15, 0.2) is 6.29 Å². The van der Waals surface area contributed by atoms with Gasteiger partial charge in [-0.2, -0.15) is 0 Å². The van der Waals surface area contributed by atoms with E-state index in [2.05, 4.69) is 0 Å². The topological polar surface area (TPSA) is 54.4 Å². The molecule has 0 amide bonds. The van der Waals surface area contributed by atoms with Crippen molar-refractivity contribution in [2.24, 2.45) is 0 Å². The van der Waals surface area contributed by atoms with Gasteiger partial charge >= 0.3 is 5.97 Å². The van der Waals surface area contributed by atoms with Crippen molar-refractivity contribution in [1.82, 2.24) is 0 Å². The normalized spacial score (nSPS) is 9.93. The van der Waals surface area contributed by atoms with Crippen LogP contribution in [-0.4, -0.2) is 17.4 Å².